The number of hydrogen-bond acceptors (Lipinski definition) is 8. The van der Waals surface area contributed by atoms with E-state index in [0.29, 0.717) is 5.13 Å². The van der Waals surface area contributed by atoms with Crippen LogP contribution in [0.1, 0.15) is 31.7 Å². The average molecular weight is 404 g/mol. The molecule has 0 atom stereocenters. The summed E-state index contributed by atoms with van der Waals surface area (Å²) in [5, 5.41) is 21.6. The molecule has 0 aliphatic rings. The second-order valence-electron chi connectivity index (χ2n) is 5.74. The van der Waals surface area contributed by atoms with Crippen molar-refractivity contribution in [3.05, 3.63) is 29.5 Å². The molecule has 1 N–H and O–H groups in total. The van der Waals surface area contributed by atoms with Crippen molar-refractivity contribution in [1.29, 1.82) is 0 Å². The first-order chi connectivity index (χ1) is 13.2. The maximum Gasteiger partial charge on any atom is 0.236 e. The summed E-state index contributed by atoms with van der Waals surface area (Å²) in [6.45, 7) is 4.95. The van der Waals surface area contributed by atoms with E-state index in [4.69, 9.17) is 0 Å². The molecule has 0 unspecified atom stereocenters. The third-order valence-corrected chi connectivity index (χ3v) is 5.69. The number of rotatable bonds is 9. The van der Waals surface area contributed by atoms with Gasteiger partial charge in [0.15, 0.2) is 11.0 Å². The van der Waals surface area contributed by atoms with E-state index < -0.39 is 0 Å². The van der Waals surface area contributed by atoms with Gasteiger partial charge >= 0.3 is 0 Å². The van der Waals surface area contributed by atoms with Gasteiger partial charge in [-0.2, -0.15) is 0 Å². The molecule has 3 aromatic rings. The van der Waals surface area contributed by atoms with Crippen LogP contribution in [-0.2, 0) is 17.8 Å². The fraction of sp³-hybridized carbons (Fsp3) is 0.412. The molecule has 0 saturated carbocycles. The van der Waals surface area contributed by atoms with Gasteiger partial charge in [-0.1, -0.05) is 43.4 Å². The molecule has 0 aliphatic heterocycles. The standard InChI is InChI=1S/C17H21N7OS2/c1-3-5-10-24-15(12-6-8-18-9-7-12)21-23-17(24)26-11-13(25)19-16-22-20-14(4-2)27-16/h6-9H,3-5,10-11H2,1-2H3,(H,19,22,25). The van der Waals surface area contributed by atoms with Crippen LogP contribution in [0.5, 0.6) is 0 Å². The summed E-state index contributed by atoms with van der Waals surface area (Å²) in [6, 6.07) is 3.82. The van der Waals surface area contributed by atoms with Gasteiger partial charge in [-0.3, -0.25) is 15.1 Å². The first-order valence-electron chi connectivity index (χ1n) is 8.79. The summed E-state index contributed by atoms with van der Waals surface area (Å²) in [4.78, 5) is 16.3. The number of anilines is 1. The van der Waals surface area contributed by atoms with E-state index >= 15 is 0 Å². The van der Waals surface area contributed by atoms with Gasteiger partial charge in [-0.05, 0) is 25.0 Å². The number of nitrogens with one attached hydrogen (secondary N) is 1. The Bertz CT molecular complexity index is 879. The number of aryl methyl sites for hydroxylation is 1. The zero-order chi connectivity index (χ0) is 19.1. The summed E-state index contributed by atoms with van der Waals surface area (Å²) in [7, 11) is 0. The number of hydrogen-bond donors (Lipinski definition) is 1. The largest absolute Gasteiger partial charge is 0.302 e. The molecule has 142 valence electrons. The van der Waals surface area contributed by atoms with Crippen molar-refractivity contribution in [2.24, 2.45) is 0 Å². The molecule has 27 heavy (non-hydrogen) atoms. The second kappa shape index (κ2) is 9.56. The van der Waals surface area contributed by atoms with Gasteiger partial charge in [0.25, 0.3) is 0 Å². The third-order valence-electron chi connectivity index (χ3n) is 3.74. The fourth-order valence-corrected chi connectivity index (χ4v) is 3.82. The van der Waals surface area contributed by atoms with Gasteiger partial charge in [-0.25, -0.2) is 0 Å². The molecule has 0 fully saturated rings. The van der Waals surface area contributed by atoms with Gasteiger partial charge < -0.3 is 4.57 Å². The van der Waals surface area contributed by atoms with E-state index in [2.05, 4.69) is 42.2 Å². The Labute approximate surface area is 165 Å². The summed E-state index contributed by atoms with van der Waals surface area (Å²) >= 11 is 2.77. The quantitative estimate of drug-likeness (QED) is 0.547. The van der Waals surface area contributed by atoms with Crippen LogP contribution in [0.3, 0.4) is 0 Å². The van der Waals surface area contributed by atoms with Crippen molar-refractivity contribution in [1.82, 2.24) is 29.9 Å². The summed E-state index contributed by atoms with van der Waals surface area (Å²) < 4.78 is 2.07. The maximum atomic E-state index is 12.2. The molecule has 3 aromatic heterocycles. The molecule has 1 amide bonds. The van der Waals surface area contributed by atoms with Crippen molar-refractivity contribution < 1.29 is 4.79 Å². The predicted octanol–water partition coefficient (Wildman–Crippen LogP) is 3.28. The molecule has 3 heterocycles. The highest BCUT2D eigenvalue weighted by Gasteiger charge is 2.16. The maximum absolute atomic E-state index is 12.2. The lowest BCUT2D eigenvalue weighted by Crippen LogP contribution is -2.14. The third kappa shape index (κ3) is 5.10. The van der Waals surface area contributed by atoms with Gasteiger partial charge in [0, 0.05) is 24.5 Å². The van der Waals surface area contributed by atoms with E-state index in [1.165, 1.54) is 23.1 Å². The number of unbranched alkanes of at least 4 members (excludes halogenated alkanes) is 1. The number of carbonyl (C=O) groups is 1. The Hall–Kier alpha value is -2.33. The van der Waals surface area contributed by atoms with Crippen LogP contribution < -0.4 is 5.32 Å². The van der Waals surface area contributed by atoms with Gasteiger partial charge in [0.1, 0.15) is 5.01 Å². The second-order valence-corrected chi connectivity index (χ2v) is 7.74. The smallest absolute Gasteiger partial charge is 0.236 e. The first kappa shape index (κ1) is 19.4. The van der Waals surface area contributed by atoms with Crippen LogP contribution in [0, 0.1) is 0 Å². The van der Waals surface area contributed by atoms with Crippen molar-refractivity contribution >= 4 is 34.1 Å². The topological polar surface area (TPSA) is 98.5 Å². The monoisotopic (exact) mass is 403 g/mol. The minimum absolute atomic E-state index is 0.130. The highest BCUT2D eigenvalue weighted by molar-refractivity contribution is 7.99. The van der Waals surface area contributed by atoms with Gasteiger partial charge in [-0.15, -0.1) is 20.4 Å². The molecule has 0 radical (unpaired) electrons. The molecule has 10 heteroatoms. The molecule has 0 saturated heterocycles. The van der Waals surface area contributed by atoms with E-state index in [9.17, 15) is 4.79 Å². The predicted molar refractivity (Wildman–Crippen MR) is 107 cm³/mol. The number of aromatic nitrogens is 6. The van der Waals surface area contributed by atoms with E-state index in [1.807, 2.05) is 19.1 Å². The fourth-order valence-electron chi connectivity index (χ4n) is 2.36. The SMILES string of the molecule is CCCCn1c(SCC(=O)Nc2nnc(CC)s2)nnc1-c1ccncc1. The van der Waals surface area contributed by atoms with E-state index in [-0.39, 0.29) is 11.7 Å². The zero-order valence-electron chi connectivity index (χ0n) is 15.3. The van der Waals surface area contributed by atoms with Crippen LogP contribution >= 0.6 is 23.1 Å². The van der Waals surface area contributed by atoms with Crippen molar-refractivity contribution in [2.45, 2.75) is 44.8 Å². The van der Waals surface area contributed by atoms with Crippen LogP contribution in [0.2, 0.25) is 0 Å². The molecular formula is C17H21N7OS2. The Morgan fingerprint density at radius 2 is 2.00 bits per heavy atom. The minimum Gasteiger partial charge on any atom is -0.302 e. The summed E-state index contributed by atoms with van der Waals surface area (Å²) in [5.41, 5.74) is 0.964. The Balaban J connectivity index is 1.68. The Kier molecular flexibility index (Phi) is 6.88. The first-order valence-corrected chi connectivity index (χ1v) is 10.6. The Morgan fingerprint density at radius 1 is 1.19 bits per heavy atom. The van der Waals surface area contributed by atoms with Crippen LogP contribution in [0.15, 0.2) is 29.7 Å². The van der Waals surface area contributed by atoms with Gasteiger partial charge in [0.2, 0.25) is 11.0 Å². The zero-order valence-corrected chi connectivity index (χ0v) is 16.9. The van der Waals surface area contributed by atoms with Crippen LogP contribution in [-0.4, -0.2) is 41.6 Å². The van der Waals surface area contributed by atoms with Crippen molar-refractivity contribution in [3.8, 4) is 11.4 Å². The van der Waals surface area contributed by atoms with Gasteiger partial charge in [0.05, 0.1) is 5.75 Å². The Morgan fingerprint density at radius 3 is 2.70 bits per heavy atom. The van der Waals surface area contributed by atoms with Crippen molar-refractivity contribution in [2.75, 3.05) is 11.1 Å². The summed E-state index contributed by atoms with van der Waals surface area (Å²) in [6.07, 6.45) is 6.36. The average Bonchev–Trinajstić information content (AvgIpc) is 3.32. The molecular weight excluding hydrogens is 382 g/mol. The number of amides is 1. The molecule has 0 bridgehead atoms. The van der Waals surface area contributed by atoms with Crippen molar-refractivity contribution in [3.63, 3.8) is 0 Å². The van der Waals surface area contributed by atoms with E-state index in [1.54, 1.807) is 12.4 Å². The number of carbonyl (C=O) groups excluding carboxylic acids is 1. The lowest BCUT2D eigenvalue weighted by atomic mass is 10.2. The normalized spacial score (nSPS) is 10.9. The lowest BCUT2D eigenvalue weighted by molar-refractivity contribution is -0.113. The minimum atomic E-state index is -0.130. The molecule has 0 aromatic carbocycles. The van der Waals surface area contributed by atoms with Crippen LogP contribution in [0.4, 0.5) is 5.13 Å². The molecule has 0 spiro atoms. The highest BCUT2D eigenvalue weighted by atomic mass is 32.2. The molecule has 8 nitrogen and oxygen atoms in total. The summed E-state index contributed by atoms with van der Waals surface area (Å²) in [5.74, 6) is 0.904. The van der Waals surface area contributed by atoms with Crippen LogP contribution in [0.25, 0.3) is 11.4 Å². The number of pyridine rings is 1. The number of thioether (sulfide) groups is 1. The highest BCUT2D eigenvalue weighted by Crippen LogP contribution is 2.24. The molecule has 3 rings (SSSR count). The molecule has 0 aliphatic carbocycles. The van der Waals surface area contributed by atoms with E-state index in [0.717, 1.165) is 47.4 Å². The number of nitrogens with zero attached hydrogens (tertiary/aromatic N) is 6. The lowest BCUT2D eigenvalue weighted by Gasteiger charge is -2.09.